The maximum absolute atomic E-state index is 15.0. The van der Waals surface area contributed by atoms with Crippen LogP contribution < -0.4 is 0 Å². The van der Waals surface area contributed by atoms with Crippen molar-refractivity contribution in [1.29, 1.82) is 0 Å². The number of β-amino-alcohol motifs (C(OH)–C–C–N with tert-alkyl or cyclic N) is 2. The number of thioether (sulfide) groups is 1. The van der Waals surface area contributed by atoms with Gasteiger partial charge in [0.1, 0.15) is 0 Å². The molecule has 3 fully saturated rings. The second-order valence-electron chi connectivity index (χ2n) is 13.2. The number of nitrogens with zero attached hydrogens (tertiary/aromatic N) is 3. The summed E-state index contributed by atoms with van der Waals surface area (Å²) in [5, 5.41) is 29.6. The summed E-state index contributed by atoms with van der Waals surface area (Å²) in [6.45, 7) is 2.92. The number of sulfonamides is 1. The van der Waals surface area contributed by atoms with Crippen LogP contribution in [0.4, 0.5) is 0 Å². The van der Waals surface area contributed by atoms with E-state index in [1.54, 1.807) is 30.1 Å². The van der Waals surface area contributed by atoms with Gasteiger partial charge in [-0.2, -0.15) is 0 Å². The predicted octanol–water partition coefficient (Wildman–Crippen LogP) is 4.79. The molecule has 3 aliphatic rings. The van der Waals surface area contributed by atoms with Crippen molar-refractivity contribution in [2.24, 2.45) is 5.41 Å². The summed E-state index contributed by atoms with van der Waals surface area (Å²) in [5.41, 5.74) is 0.338. The fraction of sp³-hybridized carbons (Fsp3) is 0.576. The number of carbonyl (C=O) groups excluding carboxylic acids is 1. The van der Waals surface area contributed by atoms with Crippen LogP contribution in [0.2, 0.25) is 10.0 Å². The molecule has 5 rings (SSSR count). The fourth-order valence-electron chi connectivity index (χ4n) is 7.09. The topological polar surface area (TPSA) is 139 Å². The first-order chi connectivity index (χ1) is 22.1. The number of piperidine rings is 1. The summed E-state index contributed by atoms with van der Waals surface area (Å²) in [5.74, 6) is -1.31. The van der Waals surface area contributed by atoms with Crippen molar-refractivity contribution in [3.05, 3.63) is 69.7 Å². The number of halogens is 2. The Labute approximate surface area is 291 Å². The molecule has 0 bridgehead atoms. The summed E-state index contributed by atoms with van der Waals surface area (Å²) in [6, 6.07) is 13.7. The van der Waals surface area contributed by atoms with Crippen LogP contribution in [0.5, 0.6) is 0 Å². The van der Waals surface area contributed by atoms with Gasteiger partial charge >= 0.3 is 5.97 Å². The summed E-state index contributed by atoms with van der Waals surface area (Å²) in [7, 11) is -1.86. The number of likely N-dealkylation sites (tertiary alicyclic amines) is 1. The summed E-state index contributed by atoms with van der Waals surface area (Å²) in [4.78, 5) is 31.2. The number of hydrogen-bond donors (Lipinski definition) is 3. The van der Waals surface area contributed by atoms with Gasteiger partial charge in [-0.15, -0.1) is 0 Å². The standard InChI is InChI=1S/C33H43Cl2N3O7S2/c1-22(12-14-36(2)47(44,45)27-10-11-27)38-30(23-6-8-25(34)9-7-23)28(24-4-3-5-26(35)18-24)19-32(31(38)41,20-29(39)40)13-15-37-16-17-46-33(42,43)21-37/h3-9,18,22,27-28,30,42-43H,10-17,19-21H2,1-2H3,(H,39,40). The lowest BCUT2D eigenvalue weighted by Gasteiger charge is -2.53. The molecule has 2 aromatic carbocycles. The Morgan fingerprint density at radius 1 is 1.11 bits per heavy atom. The normalized spacial score (nSPS) is 26.0. The molecule has 10 nitrogen and oxygen atoms in total. The quantitative estimate of drug-likeness (QED) is 0.249. The van der Waals surface area contributed by atoms with Gasteiger partial charge < -0.3 is 20.2 Å². The number of amides is 1. The third-order valence-corrected chi connectivity index (χ3v) is 13.6. The molecule has 4 atom stereocenters. The highest BCUT2D eigenvalue weighted by Crippen LogP contribution is 2.54. The zero-order valence-electron chi connectivity index (χ0n) is 26.6. The first-order valence-corrected chi connectivity index (χ1v) is 19.2. The molecule has 47 heavy (non-hydrogen) atoms. The van der Waals surface area contributed by atoms with Gasteiger partial charge in [0.05, 0.1) is 29.7 Å². The molecular weight excluding hydrogens is 685 g/mol. The molecule has 1 saturated carbocycles. The van der Waals surface area contributed by atoms with E-state index < -0.39 is 45.0 Å². The highest BCUT2D eigenvalue weighted by molar-refractivity contribution is 8.00. The summed E-state index contributed by atoms with van der Waals surface area (Å²) >= 11 is 13.8. The van der Waals surface area contributed by atoms with Crippen molar-refractivity contribution in [2.45, 2.75) is 73.8 Å². The Balaban J connectivity index is 1.57. The Bertz CT molecular complexity index is 1560. The maximum Gasteiger partial charge on any atom is 0.304 e. The Morgan fingerprint density at radius 2 is 1.81 bits per heavy atom. The second-order valence-corrected chi connectivity index (χ2v) is 17.8. The summed E-state index contributed by atoms with van der Waals surface area (Å²) < 4.78 is 27.3. The monoisotopic (exact) mass is 727 g/mol. The molecule has 4 unspecified atom stereocenters. The highest BCUT2D eigenvalue weighted by atomic mass is 35.5. The number of hydrogen-bond acceptors (Lipinski definition) is 8. The van der Waals surface area contributed by atoms with E-state index in [9.17, 15) is 28.5 Å². The SMILES string of the molecule is CC(CCN(C)S(=O)(=O)C1CC1)N1C(=O)C(CCN2CCSC(O)(O)C2)(CC(=O)O)CC(c2cccc(Cl)c2)C1c1ccc(Cl)cc1. The first kappa shape index (κ1) is 36.4. The number of rotatable bonds is 13. The molecule has 1 amide bonds. The number of benzene rings is 2. The largest absolute Gasteiger partial charge is 0.481 e. The molecule has 0 aromatic heterocycles. The number of aliphatic hydroxyl groups is 2. The number of carbonyl (C=O) groups is 2. The van der Waals surface area contributed by atoms with E-state index in [-0.39, 0.29) is 43.0 Å². The van der Waals surface area contributed by atoms with Crippen LogP contribution in [0, 0.1) is 5.41 Å². The highest BCUT2D eigenvalue weighted by Gasteiger charge is 2.54. The first-order valence-electron chi connectivity index (χ1n) is 15.9. The van der Waals surface area contributed by atoms with Crippen LogP contribution in [0.25, 0.3) is 0 Å². The average molecular weight is 729 g/mol. The Hall–Kier alpha value is -1.90. The number of aliphatic carboxylic acids is 1. The maximum atomic E-state index is 15.0. The minimum Gasteiger partial charge on any atom is -0.481 e. The van der Waals surface area contributed by atoms with Crippen LogP contribution in [0.15, 0.2) is 48.5 Å². The minimum absolute atomic E-state index is 0.0257. The van der Waals surface area contributed by atoms with E-state index in [1.807, 2.05) is 42.2 Å². The minimum atomic E-state index is -3.43. The lowest BCUT2D eigenvalue weighted by atomic mass is 9.64. The van der Waals surface area contributed by atoms with Crippen LogP contribution in [0.3, 0.4) is 0 Å². The molecule has 0 spiro atoms. The third-order valence-electron chi connectivity index (χ3n) is 9.75. The Kier molecular flexibility index (Phi) is 11.2. The molecule has 3 N–H and O–H groups in total. The van der Waals surface area contributed by atoms with E-state index in [1.165, 1.54) is 4.31 Å². The van der Waals surface area contributed by atoms with Crippen molar-refractivity contribution >= 4 is 56.9 Å². The van der Waals surface area contributed by atoms with Gasteiger partial charge in [0.25, 0.3) is 0 Å². The van der Waals surface area contributed by atoms with Crippen molar-refractivity contribution < 1.29 is 33.3 Å². The zero-order chi connectivity index (χ0) is 34.1. The molecule has 14 heteroatoms. The predicted molar refractivity (Wildman–Crippen MR) is 184 cm³/mol. The van der Waals surface area contributed by atoms with E-state index in [0.717, 1.165) is 22.9 Å². The molecule has 2 aliphatic heterocycles. The third kappa shape index (κ3) is 8.46. The van der Waals surface area contributed by atoms with Crippen molar-refractivity contribution in [2.75, 3.05) is 39.0 Å². The van der Waals surface area contributed by atoms with Crippen LogP contribution in [0.1, 0.15) is 68.5 Å². The van der Waals surface area contributed by atoms with Crippen molar-refractivity contribution in [1.82, 2.24) is 14.1 Å². The smallest absolute Gasteiger partial charge is 0.304 e. The summed E-state index contributed by atoms with van der Waals surface area (Å²) in [6.07, 6.45) is 1.62. The molecular formula is C33H43Cl2N3O7S2. The van der Waals surface area contributed by atoms with Gasteiger partial charge in [0, 0.05) is 47.9 Å². The van der Waals surface area contributed by atoms with E-state index in [4.69, 9.17) is 23.2 Å². The van der Waals surface area contributed by atoms with Gasteiger partial charge in [0.15, 0.2) is 0 Å². The molecule has 2 saturated heterocycles. The number of carboxylic acids is 1. The second kappa shape index (κ2) is 14.5. The molecule has 0 radical (unpaired) electrons. The van der Waals surface area contributed by atoms with Gasteiger partial charge in [-0.1, -0.05) is 59.2 Å². The van der Waals surface area contributed by atoms with E-state index in [0.29, 0.717) is 48.2 Å². The van der Waals surface area contributed by atoms with E-state index in [2.05, 4.69) is 0 Å². The molecule has 1 aliphatic carbocycles. The van der Waals surface area contributed by atoms with Crippen LogP contribution in [-0.2, 0) is 19.6 Å². The average Bonchev–Trinajstić information content (AvgIpc) is 3.86. The zero-order valence-corrected chi connectivity index (χ0v) is 29.7. The molecule has 2 aromatic rings. The van der Waals surface area contributed by atoms with Crippen LogP contribution >= 0.6 is 35.0 Å². The fourth-order valence-corrected chi connectivity index (χ4v) is 9.96. The molecule has 258 valence electrons. The van der Waals surface area contributed by atoms with E-state index >= 15 is 4.79 Å². The lowest BCUT2D eigenvalue weighted by molar-refractivity contribution is -0.163. The van der Waals surface area contributed by atoms with Gasteiger partial charge in [-0.3, -0.25) is 14.5 Å². The molecule has 2 heterocycles. The van der Waals surface area contributed by atoms with Gasteiger partial charge in [0.2, 0.25) is 21.0 Å². The number of carboxylic acid groups (broad SMARTS) is 1. The van der Waals surface area contributed by atoms with Crippen molar-refractivity contribution in [3.8, 4) is 0 Å². The van der Waals surface area contributed by atoms with Gasteiger partial charge in [-0.25, -0.2) is 12.7 Å². The lowest BCUT2D eigenvalue weighted by Crippen LogP contribution is -2.58. The van der Waals surface area contributed by atoms with Crippen molar-refractivity contribution in [3.63, 3.8) is 0 Å². The Morgan fingerprint density at radius 3 is 2.43 bits per heavy atom. The van der Waals surface area contributed by atoms with Crippen LogP contribution in [-0.4, -0.2) is 105 Å². The van der Waals surface area contributed by atoms with Gasteiger partial charge in [-0.05, 0) is 81.0 Å².